The van der Waals surface area contributed by atoms with Gasteiger partial charge in [0, 0.05) is 12.0 Å². The van der Waals surface area contributed by atoms with Gasteiger partial charge in [0.1, 0.15) is 15.7 Å². The minimum atomic E-state index is -2.82. The highest BCUT2D eigenvalue weighted by Gasteiger charge is 2.32. The van der Waals surface area contributed by atoms with Gasteiger partial charge in [-0.25, -0.2) is 13.4 Å². The lowest BCUT2D eigenvalue weighted by Crippen LogP contribution is -2.26. The average molecular weight is 303 g/mol. The van der Waals surface area contributed by atoms with Crippen molar-refractivity contribution in [1.82, 2.24) is 9.55 Å². The fourth-order valence-electron chi connectivity index (χ4n) is 3.30. The number of nitrogens with zero attached hydrogens (tertiary/aromatic N) is 2. The van der Waals surface area contributed by atoms with E-state index in [4.69, 9.17) is 11.6 Å². The molecule has 0 aliphatic carbocycles. The average Bonchev–Trinajstić information content (AvgIpc) is 2.69. The first-order valence-electron chi connectivity index (χ1n) is 6.95. The van der Waals surface area contributed by atoms with E-state index in [9.17, 15) is 8.42 Å². The second-order valence-electron chi connectivity index (χ2n) is 5.74. The molecule has 0 spiro atoms. The van der Waals surface area contributed by atoms with Crippen molar-refractivity contribution in [3.63, 3.8) is 0 Å². The number of hydrogen-bond donors (Lipinski definition) is 0. The summed E-state index contributed by atoms with van der Waals surface area (Å²) < 4.78 is 25.3. The molecular weight excluding hydrogens is 284 g/mol. The molecule has 1 aromatic heterocycles. The highest BCUT2D eigenvalue weighted by Crippen LogP contribution is 2.37. The van der Waals surface area contributed by atoms with Gasteiger partial charge in [-0.1, -0.05) is 11.6 Å². The Morgan fingerprint density at radius 2 is 1.95 bits per heavy atom. The van der Waals surface area contributed by atoms with Crippen LogP contribution >= 0.6 is 11.6 Å². The number of sulfone groups is 1. The van der Waals surface area contributed by atoms with Crippen LogP contribution in [0.4, 0.5) is 0 Å². The van der Waals surface area contributed by atoms with Crippen molar-refractivity contribution in [3.8, 4) is 0 Å². The maximum Gasteiger partial charge on any atom is 0.150 e. The summed E-state index contributed by atoms with van der Waals surface area (Å²) in [6, 6.07) is 0.428. The number of halogens is 1. The molecule has 0 aromatic carbocycles. The lowest BCUT2D eigenvalue weighted by atomic mass is 9.99. The van der Waals surface area contributed by atoms with E-state index >= 15 is 0 Å². The van der Waals surface area contributed by atoms with Crippen molar-refractivity contribution >= 4 is 21.4 Å². The summed E-state index contributed by atoms with van der Waals surface area (Å²) in [5.41, 5.74) is 1.14. The van der Waals surface area contributed by atoms with E-state index in [2.05, 4.69) is 16.5 Å². The third-order valence-corrected chi connectivity index (χ3v) is 6.40. The molecule has 3 rings (SSSR count). The van der Waals surface area contributed by atoms with Crippen LogP contribution in [-0.4, -0.2) is 29.5 Å². The van der Waals surface area contributed by atoms with Crippen LogP contribution in [0.1, 0.15) is 56.1 Å². The summed E-state index contributed by atoms with van der Waals surface area (Å²) >= 11 is 6.25. The molecule has 1 unspecified atom stereocenters. The van der Waals surface area contributed by atoms with Gasteiger partial charge in [-0.2, -0.15) is 0 Å². The standard InChI is InChI=1S/C13H19ClN2O2S/c1-9-3-2-4-11-12(14)15-13(16(9)11)10-5-7-19(17,18)8-6-10/h9-10H,2-8H2,1H3. The van der Waals surface area contributed by atoms with Gasteiger partial charge >= 0.3 is 0 Å². The molecule has 0 saturated carbocycles. The molecule has 1 fully saturated rings. The van der Waals surface area contributed by atoms with Crippen molar-refractivity contribution < 1.29 is 8.42 Å². The third kappa shape index (κ3) is 2.42. The molecule has 2 aliphatic rings. The van der Waals surface area contributed by atoms with Crippen molar-refractivity contribution in [1.29, 1.82) is 0 Å². The topological polar surface area (TPSA) is 52.0 Å². The van der Waals surface area contributed by atoms with Gasteiger partial charge in [0.15, 0.2) is 5.15 Å². The maximum atomic E-state index is 11.5. The Labute approximate surface area is 119 Å². The number of aromatic nitrogens is 2. The maximum absolute atomic E-state index is 11.5. The second kappa shape index (κ2) is 4.77. The largest absolute Gasteiger partial charge is 0.328 e. The van der Waals surface area contributed by atoms with E-state index < -0.39 is 9.84 Å². The third-order valence-electron chi connectivity index (χ3n) is 4.38. The van der Waals surface area contributed by atoms with Gasteiger partial charge in [-0.15, -0.1) is 0 Å². The normalized spacial score (nSPS) is 27.2. The van der Waals surface area contributed by atoms with E-state index in [-0.39, 0.29) is 17.4 Å². The van der Waals surface area contributed by atoms with E-state index in [1.54, 1.807) is 0 Å². The molecule has 0 radical (unpaired) electrons. The SMILES string of the molecule is CC1CCCc2c(Cl)nc(C3CCS(=O)(=O)CC3)n21. The zero-order chi connectivity index (χ0) is 13.6. The van der Waals surface area contributed by atoms with E-state index in [1.165, 1.54) is 0 Å². The predicted octanol–water partition coefficient (Wildman–Crippen LogP) is 2.73. The van der Waals surface area contributed by atoms with Crippen LogP contribution in [0.15, 0.2) is 0 Å². The first-order valence-corrected chi connectivity index (χ1v) is 9.15. The zero-order valence-corrected chi connectivity index (χ0v) is 12.7. The van der Waals surface area contributed by atoms with Crippen LogP contribution in [0.2, 0.25) is 5.15 Å². The van der Waals surface area contributed by atoms with Crippen LogP contribution in [0.25, 0.3) is 0 Å². The molecule has 4 nitrogen and oxygen atoms in total. The molecule has 1 aromatic rings. The molecule has 106 valence electrons. The molecule has 1 atom stereocenters. The lowest BCUT2D eigenvalue weighted by Gasteiger charge is -2.28. The smallest absolute Gasteiger partial charge is 0.150 e. The molecule has 6 heteroatoms. The van der Waals surface area contributed by atoms with E-state index in [1.807, 2.05) is 0 Å². The molecule has 0 amide bonds. The van der Waals surface area contributed by atoms with Crippen molar-refractivity contribution in [3.05, 3.63) is 16.7 Å². The number of fused-ring (bicyclic) bond motifs is 1. The summed E-state index contributed by atoms with van der Waals surface area (Å²) in [6.07, 6.45) is 4.66. The second-order valence-corrected chi connectivity index (χ2v) is 8.41. The Bertz CT molecular complexity index is 580. The minimum absolute atomic E-state index is 0.246. The van der Waals surface area contributed by atoms with Gasteiger partial charge < -0.3 is 4.57 Å². The Balaban J connectivity index is 1.94. The van der Waals surface area contributed by atoms with Gasteiger partial charge in [-0.05, 0) is 39.0 Å². The van der Waals surface area contributed by atoms with E-state index in [0.717, 1.165) is 30.8 Å². The molecule has 3 heterocycles. The molecular formula is C13H19ClN2O2S. The summed E-state index contributed by atoms with van der Waals surface area (Å²) in [5.74, 6) is 1.83. The predicted molar refractivity (Wildman–Crippen MR) is 75.5 cm³/mol. The van der Waals surface area contributed by atoms with Crippen molar-refractivity contribution in [2.24, 2.45) is 0 Å². The van der Waals surface area contributed by atoms with E-state index in [0.29, 0.717) is 24.0 Å². The zero-order valence-electron chi connectivity index (χ0n) is 11.1. The van der Waals surface area contributed by atoms with Crippen LogP contribution < -0.4 is 0 Å². The number of imidazole rings is 1. The monoisotopic (exact) mass is 302 g/mol. The highest BCUT2D eigenvalue weighted by atomic mass is 35.5. The van der Waals surface area contributed by atoms with Gasteiger partial charge in [0.2, 0.25) is 0 Å². The molecule has 2 aliphatic heterocycles. The quantitative estimate of drug-likeness (QED) is 0.801. The van der Waals surface area contributed by atoms with Crippen LogP contribution in [-0.2, 0) is 16.3 Å². The Morgan fingerprint density at radius 3 is 2.63 bits per heavy atom. The minimum Gasteiger partial charge on any atom is -0.328 e. The highest BCUT2D eigenvalue weighted by molar-refractivity contribution is 7.91. The first kappa shape index (κ1) is 13.4. The Kier molecular flexibility index (Phi) is 3.38. The number of hydrogen-bond acceptors (Lipinski definition) is 3. The van der Waals surface area contributed by atoms with Crippen molar-refractivity contribution in [2.75, 3.05) is 11.5 Å². The molecule has 0 bridgehead atoms. The summed E-state index contributed by atoms with van der Waals surface area (Å²) in [4.78, 5) is 4.55. The summed E-state index contributed by atoms with van der Waals surface area (Å²) in [6.45, 7) is 2.20. The first-order chi connectivity index (χ1) is 8.98. The van der Waals surface area contributed by atoms with Crippen LogP contribution in [0, 0.1) is 0 Å². The summed E-state index contributed by atoms with van der Waals surface area (Å²) in [7, 11) is -2.82. The number of rotatable bonds is 1. The van der Waals surface area contributed by atoms with Crippen molar-refractivity contribution in [2.45, 2.75) is 51.0 Å². The van der Waals surface area contributed by atoms with Gasteiger partial charge in [0.25, 0.3) is 0 Å². The lowest BCUT2D eigenvalue weighted by molar-refractivity contribution is 0.400. The molecule has 1 saturated heterocycles. The fourth-order valence-corrected chi connectivity index (χ4v) is 5.07. The van der Waals surface area contributed by atoms with Gasteiger partial charge in [0.05, 0.1) is 17.2 Å². The Hall–Kier alpha value is -0.550. The fraction of sp³-hybridized carbons (Fsp3) is 0.769. The Morgan fingerprint density at radius 1 is 1.26 bits per heavy atom. The molecule has 0 N–H and O–H groups in total. The van der Waals surface area contributed by atoms with Crippen LogP contribution in [0.5, 0.6) is 0 Å². The molecule has 19 heavy (non-hydrogen) atoms. The van der Waals surface area contributed by atoms with Crippen LogP contribution in [0.3, 0.4) is 0 Å². The summed E-state index contributed by atoms with van der Waals surface area (Å²) in [5, 5.41) is 0.620. The van der Waals surface area contributed by atoms with Gasteiger partial charge in [-0.3, -0.25) is 0 Å².